The lowest BCUT2D eigenvalue weighted by Crippen LogP contribution is -2.27. The molecule has 1 aromatic carbocycles. The molecule has 0 bridgehead atoms. The molecule has 2 aromatic heterocycles. The first-order valence-corrected chi connectivity index (χ1v) is 9.76. The van der Waals surface area contributed by atoms with Crippen molar-refractivity contribution in [2.24, 2.45) is 0 Å². The van der Waals surface area contributed by atoms with Crippen molar-refractivity contribution in [2.45, 2.75) is 25.7 Å². The molecular formula is C20H19N3O3S. The maximum absolute atomic E-state index is 12.1. The van der Waals surface area contributed by atoms with Gasteiger partial charge >= 0.3 is 0 Å². The van der Waals surface area contributed by atoms with Crippen LogP contribution in [0.3, 0.4) is 0 Å². The number of rotatable bonds is 6. The second-order valence-corrected chi connectivity index (χ2v) is 7.26. The van der Waals surface area contributed by atoms with Crippen LogP contribution in [0.1, 0.15) is 34.5 Å². The molecule has 1 aliphatic rings. The van der Waals surface area contributed by atoms with E-state index in [0.717, 1.165) is 24.1 Å². The highest BCUT2D eigenvalue weighted by Crippen LogP contribution is 2.30. The third-order valence-corrected chi connectivity index (χ3v) is 5.29. The largest absolute Gasteiger partial charge is 0.459 e. The van der Waals surface area contributed by atoms with Gasteiger partial charge in [0.2, 0.25) is 5.91 Å². The number of nitrogens with one attached hydrogen (secondary N) is 2. The summed E-state index contributed by atoms with van der Waals surface area (Å²) in [6.07, 6.45) is 5.10. The van der Waals surface area contributed by atoms with E-state index in [9.17, 15) is 9.59 Å². The summed E-state index contributed by atoms with van der Waals surface area (Å²) in [6.45, 7) is 0.231. The molecule has 1 aliphatic carbocycles. The van der Waals surface area contributed by atoms with Crippen LogP contribution < -0.4 is 10.6 Å². The number of anilines is 1. The average Bonchev–Trinajstić information content (AvgIpc) is 3.42. The van der Waals surface area contributed by atoms with Crippen LogP contribution >= 0.6 is 11.3 Å². The van der Waals surface area contributed by atoms with Crippen molar-refractivity contribution in [1.82, 2.24) is 10.3 Å². The van der Waals surface area contributed by atoms with E-state index in [2.05, 4.69) is 33.8 Å². The van der Waals surface area contributed by atoms with E-state index in [1.165, 1.54) is 35.1 Å². The Morgan fingerprint density at radius 1 is 1.19 bits per heavy atom. The molecule has 7 heteroatoms. The van der Waals surface area contributed by atoms with Gasteiger partial charge in [0.05, 0.1) is 12.0 Å². The van der Waals surface area contributed by atoms with Crippen LogP contribution in [0.4, 0.5) is 5.13 Å². The number of carbonyl (C=O) groups excluding carboxylic acids is 2. The molecular weight excluding hydrogens is 362 g/mol. The smallest absolute Gasteiger partial charge is 0.286 e. The number of hydrogen-bond acceptors (Lipinski definition) is 5. The fourth-order valence-electron chi connectivity index (χ4n) is 3.16. The van der Waals surface area contributed by atoms with E-state index in [4.69, 9.17) is 4.42 Å². The van der Waals surface area contributed by atoms with E-state index in [1.54, 1.807) is 12.1 Å². The highest BCUT2D eigenvalue weighted by Gasteiger charge is 2.14. The molecule has 3 aromatic rings. The number of amides is 2. The second kappa shape index (κ2) is 7.75. The summed E-state index contributed by atoms with van der Waals surface area (Å²) in [4.78, 5) is 28.3. The molecule has 27 heavy (non-hydrogen) atoms. The number of aromatic nitrogens is 1. The molecule has 2 amide bonds. The van der Waals surface area contributed by atoms with Gasteiger partial charge in [-0.2, -0.15) is 0 Å². The first-order valence-electron chi connectivity index (χ1n) is 8.88. The molecule has 0 atom stereocenters. The molecule has 2 heterocycles. The van der Waals surface area contributed by atoms with Crippen LogP contribution in [-0.4, -0.2) is 23.3 Å². The summed E-state index contributed by atoms with van der Waals surface area (Å²) in [5.74, 6) is -0.292. The number of thiazole rings is 1. The summed E-state index contributed by atoms with van der Waals surface area (Å²) < 4.78 is 5.00. The molecule has 0 fully saturated rings. The number of carbonyl (C=O) groups is 2. The zero-order chi connectivity index (χ0) is 18.6. The van der Waals surface area contributed by atoms with Gasteiger partial charge in [0, 0.05) is 23.9 Å². The molecule has 0 spiro atoms. The predicted molar refractivity (Wildman–Crippen MR) is 104 cm³/mol. The minimum atomic E-state index is -0.332. The van der Waals surface area contributed by atoms with Crippen molar-refractivity contribution in [3.8, 4) is 11.3 Å². The predicted octanol–water partition coefficient (Wildman–Crippen LogP) is 3.65. The van der Waals surface area contributed by atoms with Crippen molar-refractivity contribution < 1.29 is 14.0 Å². The Morgan fingerprint density at radius 3 is 2.93 bits per heavy atom. The minimum Gasteiger partial charge on any atom is -0.459 e. The Balaban J connectivity index is 1.30. The molecule has 0 saturated carbocycles. The highest BCUT2D eigenvalue weighted by atomic mass is 32.1. The van der Waals surface area contributed by atoms with Crippen LogP contribution in [0.2, 0.25) is 0 Å². The SMILES string of the molecule is O=C(CCNC(=O)c1ccco1)Nc1nc(-c2ccc3c(c2)CCC3)cs1. The van der Waals surface area contributed by atoms with Crippen molar-refractivity contribution >= 4 is 28.3 Å². The Kier molecular flexibility index (Phi) is 5.02. The number of furan rings is 1. The fraction of sp³-hybridized carbons (Fsp3) is 0.250. The van der Waals surface area contributed by atoms with Gasteiger partial charge in [0.15, 0.2) is 10.9 Å². The van der Waals surface area contributed by atoms with Gasteiger partial charge in [-0.1, -0.05) is 12.1 Å². The quantitative estimate of drug-likeness (QED) is 0.683. The number of aryl methyl sites for hydroxylation is 2. The normalized spacial score (nSPS) is 12.6. The van der Waals surface area contributed by atoms with E-state index in [0.29, 0.717) is 5.13 Å². The van der Waals surface area contributed by atoms with E-state index < -0.39 is 0 Å². The topological polar surface area (TPSA) is 84.2 Å². The first-order chi connectivity index (χ1) is 13.2. The van der Waals surface area contributed by atoms with Gasteiger partial charge in [0.25, 0.3) is 5.91 Å². The van der Waals surface area contributed by atoms with Crippen LogP contribution in [0.5, 0.6) is 0 Å². The second-order valence-electron chi connectivity index (χ2n) is 6.41. The van der Waals surface area contributed by atoms with E-state index in [-0.39, 0.29) is 30.5 Å². The number of benzene rings is 1. The van der Waals surface area contributed by atoms with Crippen molar-refractivity contribution in [3.63, 3.8) is 0 Å². The van der Waals surface area contributed by atoms with E-state index >= 15 is 0 Å². The number of fused-ring (bicyclic) bond motifs is 1. The molecule has 6 nitrogen and oxygen atoms in total. The average molecular weight is 381 g/mol. The summed E-state index contributed by atoms with van der Waals surface area (Å²) in [5.41, 5.74) is 4.78. The molecule has 138 valence electrons. The summed E-state index contributed by atoms with van der Waals surface area (Å²) >= 11 is 1.40. The van der Waals surface area contributed by atoms with Gasteiger partial charge in [-0.25, -0.2) is 4.98 Å². The van der Waals surface area contributed by atoms with E-state index in [1.807, 2.05) is 5.38 Å². The first kappa shape index (κ1) is 17.5. The van der Waals surface area contributed by atoms with Crippen LogP contribution in [-0.2, 0) is 17.6 Å². The molecule has 0 unspecified atom stereocenters. The van der Waals surface area contributed by atoms with Crippen LogP contribution in [0, 0.1) is 0 Å². The third kappa shape index (κ3) is 4.09. The molecule has 4 rings (SSSR count). The number of hydrogen-bond donors (Lipinski definition) is 2. The lowest BCUT2D eigenvalue weighted by Gasteiger charge is -2.04. The van der Waals surface area contributed by atoms with Crippen molar-refractivity contribution in [3.05, 3.63) is 58.9 Å². The highest BCUT2D eigenvalue weighted by molar-refractivity contribution is 7.14. The Bertz CT molecular complexity index is 963. The van der Waals surface area contributed by atoms with Crippen LogP contribution in [0.25, 0.3) is 11.3 Å². The van der Waals surface area contributed by atoms with Crippen molar-refractivity contribution in [1.29, 1.82) is 0 Å². The summed E-state index contributed by atoms with van der Waals surface area (Å²) in [6, 6.07) is 9.69. The van der Waals surface area contributed by atoms with Gasteiger partial charge < -0.3 is 15.1 Å². The van der Waals surface area contributed by atoms with Gasteiger partial charge in [0.1, 0.15) is 0 Å². The van der Waals surface area contributed by atoms with Crippen LogP contribution in [0.15, 0.2) is 46.4 Å². The third-order valence-electron chi connectivity index (χ3n) is 4.53. The van der Waals surface area contributed by atoms with Crippen molar-refractivity contribution in [2.75, 3.05) is 11.9 Å². The zero-order valence-electron chi connectivity index (χ0n) is 14.7. The fourth-order valence-corrected chi connectivity index (χ4v) is 3.90. The Labute approximate surface area is 160 Å². The van der Waals surface area contributed by atoms with Gasteiger partial charge in [-0.15, -0.1) is 11.3 Å². The minimum absolute atomic E-state index is 0.167. The van der Waals surface area contributed by atoms with Gasteiger partial charge in [-0.3, -0.25) is 9.59 Å². The summed E-state index contributed by atoms with van der Waals surface area (Å²) in [5, 5.41) is 7.94. The Hall–Kier alpha value is -2.93. The standard InChI is InChI=1S/C20H19N3O3S/c24-18(8-9-21-19(25)17-5-2-10-26-17)23-20-22-16(12-27-20)15-7-6-13-3-1-4-14(13)11-15/h2,5-7,10-12H,1,3-4,8-9H2,(H,21,25)(H,22,23,24). The number of nitrogens with zero attached hydrogens (tertiary/aromatic N) is 1. The molecule has 0 aliphatic heterocycles. The maximum atomic E-state index is 12.1. The lowest BCUT2D eigenvalue weighted by atomic mass is 10.1. The zero-order valence-corrected chi connectivity index (χ0v) is 15.5. The lowest BCUT2D eigenvalue weighted by molar-refractivity contribution is -0.116. The molecule has 0 radical (unpaired) electrons. The molecule has 0 saturated heterocycles. The monoisotopic (exact) mass is 381 g/mol. The maximum Gasteiger partial charge on any atom is 0.286 e. The van der Waals surface area contributed by atoms with Gasteiger partial charge in [-0.05, 0) is 48.6 Å². The summed E-state index contributed by atoms with van der Waals surface area (Å²) in [7, 11) is 0. The Morgan fingerprint density at radius 2 is 2.07 bits per heavy atom. The molecule has 2 N–H and O–H groups in total.